The Morgan fingerprint density at radius 1 is 0.778 bits per heavy atom. The minimum Gasteiger partial charge on any atom is -0.211 e. The Bertz CT molecular complexity index is 468. The molecule has 4 nitrogen and oxygen atoms in total. The van der Waals surface area contributed by atoms with Gasteiger partial charge in [0, 0.05) is 0 Å². The van der Waals surface area contributed by atoms with E-state index in [0.717, 1.165) is 11.1 Å². The van der Waals surface area contributed by atoms with Crippen molar-refractivity contribution in [3.05, 3.63) is 35.4 Å². The summed E-state index contributed by atoms with van der Waals surface area (Å²) in [5, 5.41) is 0. The number of rotatable bonds is 4. The predicted octanol–water partition coefficient (Wildman–Crippen LogP) is 2.83. The molecule has 0 unspecified atom stereocenters. The summed E-state index contributed by atoms with van der Waals surface area (Å²) >= 11 is 0. The van der Waals surface area contributed by atoms with Gasteiger partial charge in [0.1, 0.15) is 0 Å². The summed E-state index contributed by atoms with van der Waals surface area (Å²) in [6, 6.07) is 7.49. The Morgan fingerprint density at radius 2 is 1.06 bits per heavy atom. The highest BCUT2D eigenvalue weighted by atomic mass is 16.1. The molecule has 0 spiro atoms. The number of nitrogens with zero attached hydrogens (tertiary/aromatic N) is 2. The molecule has 0 aliphatic rings. The molecule has 0 N–H and O–H groups in total. The smallest absolute Gasteiger partial charge is 0.211 e. The van der Waals surface area contributed by atoms with Crippen molar-refractivity contribution in [2.24, 2.45) is 9.98 Å². The number of isocyanates is 2. The van der Waals surface area contributed by atoms with Gasteiger partial charge in [-0.15, -0.1) is 0 Å². The summed E-state index contributed by atoms with van der Waals surface area (Å²) in [4.78, 5) is 28.2. The van der Waals surface area contributed by atoms with Gasteiger partial charge in [0.25, 0.3) is 0 Å². The van der Waals surface area contributed by atoms with Crippen molar-refractivity contribution >= 4 is 12.2 Å². The van der Waals surface area contributed by atoms with E-state index >= 15 is 0 Å². The van der Waals surface area contributed by atoms with Crippen molar-refractivity contribution in [1.82, 2.24) is 0 Å². The molecule has 4 heteroatoms. The van der Waals surface area contributed by atoms with Crippen LogP contribution in [0.5, 0.6) is 0 Å². The van der Waals surface area contributed by atoms with E-state index in [1.54, 1.807) is 12.2 Å². The molecule has 0 amide bonds. The van der Waals surface area contributed by atoms with Crippen LogP contribution in [0, 0.1) is 0 Å². The first-order valence-electron chi connectivity index (χ1n) is 5.62. The second-order valence-electron chi connectivity index (χ2n) is 5.10. The molecule has 0 heterocycles. The molecule has 0 aromatic heterocycles. The van der Waals surface area contributed by atoms with Crippen molar-refractivity contribution in [3.63, 3.8) is 0 Å². The first-order valence-corrected chi connectivity index (χ1v) is 5.62. The third-order valence-corrected chi connectivity index (χ3v) is 2.95. The average Bonchev–Trinajstić information content (AvgIpc) is 2.29. The lowest BCUT2D eigenvalue weighted by Crippen LogP contribution is -2.16. The van der Waals surface area contributed by atoms with E-state index < -0.39 is 11.1 Å². The lowest BCUT2D eigenvalue weighted by Gasteiger charge is -2.21. The van der Waals surface area contributed by atoms with Gasteiger partial charge >= 0.3 is 0 Å². The zero-order valence-corrected chi connectivity index (χ0v) is 11.0. The molecule has 1 aromatic carbocycles. The molecule has 0 radical (unpaired) electrons. The van der Waals surface area contributed by atoms with Gasteiger partial charge < -0.3 is 0 Å². The van der Waals surface area contributed by atoms with Crippen LogP contribution in [0.3, 0.4) is 0 Å². The predicted molar refractivity (Wildman–Crippen MR) is 68.7 cm³/mol. The lowest BCUT2D eigenvalue weighted by molar-refractivity contribution is 0.515. The van der Waals surface area contributed by atoms with Gasteiger partial charge in [-0.05, 0) is 38.8 Å². The largest absolute Gasteiger partial charge is 0.235 e. The van der Waals surface area contributed by atoms with Gasteiger partial charge in [-0.25, -0.2) is 9.59 Å². The number of aliphatic imine (C=N–C) groups is 2. The van der Waals surface area contributed by atoms with Crippen molar-refractivity contribution in [3.8, 4) is 0 Å². The van der Waals surface area contributed by atoms with E-state index in [1.165, 1.54) is 0 Å². The molecule has 1 rings (SSSR count). The Labute approximate surface area is 106 Å². The zero-order chi connectivity index (χ0) is 13.8. The van der Waals surface area contributed by atoms with Gasteiger partial charge in [0.05, 0.1) is 11.1 Å². The summed E-state index contributed by atoms with van der Waals surface area (Å²) in [7, 11) is 0. The fraction of sp³-hybridized carbons (Fsp3) is 0.429. The number of carbonyl (C=O) groups excluding carboxylic acids is 2. The summed E-state index contributed by atoms with van der Waals surface area (Å²) in [6.45, 7) is 7.34. The number of benzene rings is 1. The summed E-state index contributed by atoms with van der Waals surface area (Å²) < 4.78 is 0. The van der Waals surface area contributed by atoms with Crippen LogP contribution in [0.1, 0.15) is 38.8 Å². The molecule has 0 bridgehead atoms. The third-order valence-electron chi connectivity index (χ3n) is 2.95. The van der Waals surface area contributed by atoms with E-state index in [2.05, 4.69) is 9.98 Å². The molecule has 0 saturated carbocycles. The van der Waals surface area contributed by atoms with E-state index in [0.29, 0.717) is 0 Å². The van der Waals surface area contributed by atoms with Crippen LogP contribution >= 0.6 is 0 Å². The molecular weight excluding hydrogens is 228 g/mol. The number of hydrogen-bond acceptors (Lipinski definition) is 4. The Morgan fingerprint density at radius 3 is 1.28 bits per heavy atom. The SMILES string of the molecule is CC(C)(N=C=O)c1ccc(C(C)(C)N=C=O)cc1. The van der Waals surface area contributed by atoms with E-state index in [-0.39, 0.29) is 0 Å². The molecule has 0 aliphatic heterocycles. The molecule has 1 aromatic rings. The van der Waals surface area contributed by atoms with Gasteiger partial charge in [-0.2, -0.15) is 9.98 Å². The summed E-state index contributed by atoms with van der Waals surface area (Å²) in [5.41, 5.74) is 0.609. The maximum absolute atomic E-state index is 10.4. The maximum Gasteiger partial charge on any atom is 0.235 e. The van der Waals surface area contributed by atoms with Crippen molar-refractivity contribution in [2.75, 3.05) is 0 Å². The molecule has 0 atom stereocenters. The van der Waals surface area contributed by atoms with Crippen LogP contribution in [0.2, 0.25) is 0 Å². The molecule has 0 fully saturated rings. The second kappa shape index (κ2) is 5.09. The standard InChI is InChI=1S/C14H16N2O2/c1-13(2,15-9-17)11-5-7-12(8-6-11)14(3,4)16-10-18/h5-8H,1-4H3. The van der Waals surface area contributed by atoms with Gasteiger partial charge in [0.15, 0.2) is 0 Å². The Kier molecular flexibility index (Phi) is 3.97. The third kappa shape index (κ3) is 3.01. The van der Waals surface area contributed by atoms with Crippen molar-refractivity contribution in [1.29, 1.82) is 0 Å². The number of hydrogen-bond donors (Lipinski definition) is 0. The van der Waals surface area contributed by atoms with E-state index in [1.807, 2.05) is 52.0 Å². The Hall–Kier alpha value is -2.02. The monoisotopic (exact) mass is 244 g/mol. The van der Waals surface area contributed by atoms with Crippen LogP contribution in [-0.4, -0.2) is 12.2 Å². The quantitative estimate of drug-likeness (QED) is 0.604. The van der Waals surface area contributed by atoms with Gasteiger partial charge in [0.2, 0.25) is 12.2 Å². The summed E-state index contributed by atoms with van der Waals surface area (Å²) in [5.74, 6) is 0. The lowest BCUT2D eigenvalue weighted by atomic mass is 9.89. The van der Waals surface area contributed by atoms with E-state index in [9.17, 15) is 9.59 Å². The highest BCUT2D eigenvalue weighted by Gasteiger charge is 2.22. The van der Waals surface area contributed by atoms with Crippen molar-refractivity contribution in [2.45, 2.75) is 38.8 Å². The van der Waals surface area contributed by atoms with Crippen LogP contribution in [-0.2, 0) is 20.7 Å². The minimum atomic E-state index is -0.599. The average molecular weight is 244 g/mol. The van der Waals surface area contributed by atoms with Crippen molar-refractivity contribution < 1.29 is 9.59 Å². The van der Waals surface area contributed by atoms with E-state index in [4.69, 9.17) is 0 Å². The van der Waals surface area contributed by atoms with Crippen LogP contribution in [0.25, 0.3) is 0 Å². The highest BCUT2D eigenvalue weighted by Crippen LogP contribution is 2.28. The first kappa shape index (κ1) is 14.0. The van der Waals surface area contributed by atoms with Gasteiger partial charge in [-0.3, -0.25) is 0 Å². The summed E-state index contributed by atoms with van der Waals surface area (Å²) in [6.07, 6.45) is 3.15. The topological polar surface area (TPSA) is 58.9 Å². The molecule has 0 saturated heterocycles. The normalized spacial score (nSPS) is 11.3. The fourth-order valence-electron chi connectivity index (χ4n) is 1.64. The first-order chi connectivity index (χ1) is 8.33. The molecule has 0 aliphatic carbocycles. The maximum atomic E-state index is 10.4. The van der Waals surface area contributed by atoms with Crippen LogP contribution < -0.4 is 0 Å². The Balaban J connectivity index is 3.14. The second-order valence-corrected chi connectivity index (χ2v) is 5.10. The minimum absolute atomic E-state index is 0.599. The van der Waals surface area contributed by atoms with Gasteiger partial charge in [-0.1, -0.05) is 24.3 Å². The molecule has 94 valence electrons. The van der Waals surface area contributed by atoms with Crippen LogP contribution in [0.15, 0.2) is 34.3 Å². The van der Waals surface area contributed by atoms with Crippen LogP contribution in [0.4, 0.5) is 0 Å². The molecular formula is C14H16N2O2. The highest BCUT2D eigenvalue weighted by molar-refractivity contribution is 5.40. The zero-order valence-electron chi connectivity index (χ0n) is 11.0. The molecule has 18 heavy (non-hydrogen) atoms. The fourth-order valence-corrected chi connectivity index (χ4v) is 1.64.